The van der Waals surface area contributed by atoms with E-state index < -0.39 is 11.8 Å². The minimum Gasteiger partial charge on any atom is -0.493 e. The van der Waals surface area contributed by atoms with Crippen LogP contribution in [0.5, 0.6) is 5.75 Å². The Hall–Kier alpha value is -3.15. The molecule has 0 aliphatic carbocycles. The second-order valence-electron chi connectivity index (χ2n) is 5.69. The van der Waals surface area contributed by atoms with Gasteiger partial charge in [-0.15, -0.1) is 0 Å². The van der Waals surface area contributed by atoms with Crippen molar-refractivity contribution >= 4 is 23.4 Å². The fraction of sp³-hybridized carbons (Fsp3) is 0.211. The number of ether oxygens (including phenoxy) is 1. The molecule has 6 heteroatoms. The Kier molecular flexibility index (Phi) is 4.79. The molecule has 2 aromatic rings. The summed E-state index contributed by atoms with van der Waals surface area (Å²) in [5.74, 6) is -0.372. The fourth-order valence-corrected chi connectivity index (χ4v) is 2.55. The van der Waals surface area contributed by atoms with Crippen LogP contribution in [-0.4, -0.2) is 24.3 Å². The average Bonchev–Trinajstić information content (AvgIpc) is 2.89. The first-order valence-corrected chi connectivity index (χ1v) is 8.08. The fourth-order valence-electron chi connectivity index (χ4n) is 2.55. The van der Waals surface area contributed by atoms with Crippen molar-refractivity contribution in [1.29, 1.82) is 0 Å². The van der Waals surface area contributed by atoms with Crippen molar-refractivity contribution in [3.8, 4) is 5.75 Å². The number of fused-ring (bicyclic) bond motifs is 1. The molecule has 2 aromatic carbocycles. The zero-order valence-corrected chi connectivity index (χ0v) is 13.8. The van der Waals surface area contributed by atoms with Crippen molar-refractivity contribution in [2.24, 2.45) is 0 Å². The standard InChI is InChI=1S/C19H18N2O4/c1-2-12-3-6-14(7-4-12)25-10-9-17(22)20-13-5-8-15-16(11-13)19(24)21-18(15)23/h3-8,11H,2,9-10H2,1H3,(H,20,22)(H,21,23,24). The molecule has 0 saturated heterocycles. The third kappa shape index (κ3) is 3.85. The lowest BCUT2D eigenvalue weighted by molar-refractivity contribution is -0.116. The minimum atomic E-state index is -0.449. The van der Waals surface area contributed by atoms with E-state index in [2.05, 4.69) is 17.6 Å². The van der Waals surface area contributed by atoms with Crippen LogP contribution in [0.1, 0.15) is 39.6 Å². The van der Waals surface area contributed by atoms with E-state index in [1.165, 1.54) is 17.7 Å². The summed E-state index contributed by atoms with van der Waals surface area (Å²) in [4.78, 5) is 35.1. The molecule has 6 nitrogen and oxygen atoms in total. The first kappa shape index (κ1) is 16.7. The number of aryl methyl sites for hydroxylation is 1. The van der Waals surface area contributed by atoms with Crippen molar-refractivity contribution in [3.05, 3.63) is 59.2 Å². The second-order valence-corrected chi connectivity index (χ2v) is 5.69. The van der Waals surface area contributed by atoms with Gasteiger partial charge in [0.1, 0.15) is 5.75 Å². The van der Waals surface area contributed by atoms with Crippen molar-refractivity contribution < 1.29 is 19.1 Å². The number of carbonyl (C=O) groups is 3. The Morgan fingerprint density at radius 2 is 1.76 bits per heavy atom. The maximum absolute atomic E-state index is 12.0. The molecule has 3 rings (SSSR count). The summed E-state index contributed by atoms with van der Waals surface area (Å²) >= 11 is 0. The van der Waals surface area contributed by atoms with Crippen LogP contribution in [-0.2, 0) is 11.2 Å². The Morgan fingerprint density at radius 1 is 1.04 bits per heavy atom. The molecule has 128 valence electrons. The van der Waals surface area contributed by atoms with Gasteiger partial charge in [0.15, 0.2) is 0 Å². The predicted octanol–water partition coefficient (Wildman–Crippen LogP) is 2.54. The lowest BCUT2D eigenvalue weighted by atomic mass is 10.1. The molecule has 0 radical (unpaired) electrons. The molecule has 25 heavy (non-hydrogen) atoms. The van der Waals surface area contributed by atoms with Crippen molar-refractivity contribution in [1.82, 2.24) is 5.32 Å². The predicted molar refractivity (Wildman–Crippen MR) is 92.8 cm³/mol. The van der Waals surface area contributed by atoms with Crippen LogP contribution < -0.4 is 15.4 Å². The second kappa shape index (κ2) is 7.17. The maximum atomic E-state index is 12.0. The van der Waals surface area contributed by atoms with E-state index >= 15 is 0 Å². The van der Waals surface area contributed by atoms with Crippen LogP contribution >= 0.6 is 0 Å². The Balaban J connectivity index is 1.52. The summed E-state index contributed by atoms with van der Waals surface area (Å²) < 4.78 is 5.55. The molecule has 3 amide bonds. The van der Waals surface area contributed by atoms with Crippen molar-refractivity contribution in [2.45, 2.75) is 19.8 Å². The summed E-state index contributed by atoms with van der Waals surface area (Å²) in [7, 11) is 0. The molecule has 0 bridgehead atoms. The highest BCUT2D eigenvalue weighted by atomic mass is 16.5. The highest BCUT2D eigenvalue weighted by Gasteiger charge is 2.26. The summed E-state index contributed by atoms with van der Waals surface area (Å²) in [5.41, 5.74) is 2.29. The van der Waals surface area contributed by atoms with Gasteiger partial charge in [-0.3, -0.25) is 19.7 Å². The van der Waals surface area contributed by atoms with Crippen LogP contribution in [0.25, 0.3) is 0 Å². The third-order valence-electron chi connectivity index (χ3n) is 3.95. The van der Waals surface area contributed by atoms with E-state index in [0.717, 1.165) is 12.2 Å². The van der Waals surface area contributed by atoms with Crippen molar-refractivity contribution in [3.63, 3.8) is 0 Å². The summed E-state index contributed by atoms with van der Waals surface area (Å²) in [6.45, 7) is 2.33. The first-order valence-electron chi connectivity index (χ1n) is 8.08. The third-order valence-corrected chi connectivity index (χ3v) is 3.95. The molecule has 1 aliphatic heterocycles. The van der Waals surface area contributed by atoms with Gasteiger partial charge < -0.3 is 10.1 Å². The van der Waals surface area contributed by atoms with Gasteiger partial charge in [0.05, 0.1) is 24.2 Å². The molecule has 1 heterocycles. The smallest absolute Gasteiger partial charge is 0.259 e. The van der Waals surface area contributed by atoms with Gasteiger partial charge in [0.2, 0.25) is 5.91 Å². The molecule has 0 fully saturated rings. The number of amides is 3. The van der Waals surface area contributed by atoms with Crippen LogP contribution in [0.2, 0.25) is 0 Å². The van der Waals surface area contributed by atoms with E-state index in [-0.39, 0.29) is 24.5 Å². The zero-order valence-electron chi connectivity index (χ0n) is 13.8. The SMILES string of the molecule is CCc1ccc(OCCC(=O)Nc2ccc3c(c2)C(=O)NC3=O)cc1. The highest BCUT2D eigenvalue weighted by Crippen LogP contribution is 2.20. The number of nitrogens with one attached hydrogen (secondary N) is 2. The topological polar surface area (TPSA) is 84.5 Å². The molecular formula is C19H18N2O4. The van der Waals surface area contributed by atoms with E-state index in [4.69, 9.17) is 4.74 Å². The Labute approximate surface area is 145 Å². The number of benzene rings is 2. The van der Waals surface area contributed by atoms with E-state index in [0.29, 0.717) is 11.3 Å². The quantitative estimate of drug-likeness (QED) is 0.793. The molecule has 0 unspecified atom stereocenters. The van der Waals surface area contributed by atoms with E-state index in [1.807, 2.05) is 24.3 Å². The number of hydrogen-bond acceptors (Lipinski definition) is 4. The molecule has 0 saturated carbocycles. The van der Waals surface area contributed by atoms with Gasteiger partial charge in [-0.05, 0) is 42.3 Å². The lowest BCUT2D eigenvalue weighted by Gasteiger charge is -2.08. The summed E-state index contributed by atoms with van der Waals surface area (Å²) in [6.07, 6.45) is 1.14. The molecule has 2 N–H and O–H groups in total. The van der Waals surface area contributed by atoms with Crippen molar-refractivity contribution in [2.75, 3.05) is 11.9 Å². The van der Waals surface area contributed by atoms with Gasteiger partial charge in [0, 0.05) is 5.69 Å². The van der Waals surface area contributed by atoms with Crippen LogP contribution in [0.15, 0.2) is 42.5 Å². The van der Waals surface area contributed by atoms with Gasteiger partial charge in [-0.25, -0.2) is 0 Å². The monoisotopic (exact) mass is 338 g/mol. The number of hydrogen-bond donors (Lipinski definition) is 2. The number of rotatable bonds is 6. The Bertz CT molecular complexity index is 828. The van der Waals surface area contributed by atoms with Gasteiger partial charge >= 0.3 is 0 Å². The van der Waals surface area contributed by atoms with E-state index in [9.17, 15) is 14.4 Å². The number of carbonyl (C=O) groups excluding carboxylic acids is 3. The van der Waals surface area contributed by atoms with Crippen LogP contribution in [0.4, 0.5) is 5.69 Å². The normalized spacial score (nSPS) is 12.5. The van der Waals surface area contributed by atoms with Crippen LogP contribution in [0, 0.1) is 0 Å². The average molecular weight is 338 g/mol. The molecule has 0 aromatic heterocycles. The number of imide groups is 1. The zero-order chi connectivity index (χ0) is 17.8. The molecular weight excluding hydrogens is 320 g/mol. The van der Waals surface area contributed by atoms with Gasteiger partial charge in [0.25, 0.3) is 11.8 Å². The number of anilines is 1. The molecule has 1 aliphatic rings. The van der Waals surface area contributed by atoms with Gasteiger partial charge in [-0.1, -0.05) is 19.1 Å². The summed E-state index contributed by atoms with van der Waals surface area (Å²) in [5, 5.41) is 4.91. The summed E-state index contributed by atoms with van der Waals surface area (Å²) in [6, 6.07) is 12.4. The largest absolute Gasteiger partial charge is 0.493 e. The van der Waals surface area contributed by atoms with E-state index in [1.54, 1.807) is 6.07 Å². The molecule has 0 spiro atoms. The maximum Gasteiger partial charge on any atom is 0.259 e. The lowest BCUT2D eigenvalue weighted by Crippen LogP contribution is -2.19. The molecule has 0 atom stereocenters. The van der Waals surface area contributed by atoms with Crippen LogP contribution in [0.3, 0.4) is 0 Å². The minimum absolute atomic E-state index is 0.178. The Morgan fingerprint density at radius 3 is 2.48 bits per heavy atom. The highest BCUT2D eigenvalue weighted by molar-refractivity contribution is 6.22. The van der Waals surface area contributed by atoms with Gasteiger partial charge in [-0.2, -0.15) is 0 Å². The first-order chi connectivity index (χ1) is 12.1.